The summed E-state index contributed by atoms with van der Waals surface area (Å²) in [6.07, 6.45) is -3.50. The van der Waals surface area contributed by atoms with Crippen LogP contribution in [-0.4, -0.2) is 40.4 Å². The Morgan fingerprint density at radius 3 is 1.50 bits per heavy atom. The van der Waals surface area contributed by atoms with Gasteiger partial charge in [0.05, 0.1) is 25.9 Å². The van der Waals surface area contributed by atoms with Crippen molar-refractivity contribution in [1.29, 1.82) is 5.41 Å². The topological polar surface area (TPSA) is 70.0 Å². The lowest BCUT2D eigenvalue weighted by molar-refractivity contribution is -0.304. The molecule has 1 N–H and O–H groups in total. The van der Waals surface area contributed by atoms with Gasteiger partial charge in [0.25, 0.3) is 3.79 Å². The summed E-state index contributed by atoms with van der Waals surface area (Å²) < 4.78 is 29.0. The molecule has 0 saturated carbocycles. The van der Waals surface area contributed by atoms with Crippen LogP contribution in [0.15, 0.2) is 91.0 Å². The molecule has 0 aromatic heterocycles. The van der Waals surface area contributed by atoms with Crippen LogP contribution in [0, 0.1) is 5.41 Å². The van der Waals surface area contributed by atoms with Crippen LogP contribution in [0.5, 0.6) is 0 Å². The third-order valence-corrected chi connectivity index (χ3v) is 6.59. The molecular weight excluding hydrogens is 549 g/mol. The van der Waals surface area contributed by atoms with Crippen molar-refractivity contribution >= 4 is 40.7 Å². The molecule has 6 nitrogen and oxygen atoms in total. The lowest BCUT2D eigenvalue weighted by Gasteiger charge is -2.45. The number of nitrogens with one attached hydrogen (secondary N) is 1. The zero-order valence-electron chi connectivity index (χ0n) is 20.8. The largest absolute Gasteiger partial charge is 0.445 e. The van der Waals surface area contributed by atoms with Crippen molar-refractivity contribution in [3.05, 3.63) is 108 Å². The summed E-state index contributed by atoms with van der Waals surface area (Å²) in [7, 11) is 0. The third-order valence-electron chi connectivity index (χ3n) is 6.07. The van der Waals surface area contributed by atoms with E-state index in [0.717, 1.165) is 16.7 Å². The van der Waals surface area contributed by atoms with Gasteiger partial charge < -0.3 is 23.7 Å². The van der Waals surface area contributed by atoms with E-state index in [4.69, 9.17) is 63.9 Å². The Bertz CT molecular complexity index is 1130. The number of alkyl halides is 3. The molecule has 0 aliphatic carbocycles. The molecular formula is C29H30Cl3NO5. The van der Waals surface area contributed by atoms with Crippen molar-refractivity contribution in [1.82, 2.24) is 0 Å². The molecule has 3 aromatic rings. The minimum Gasteiger partial charge on any atom is -0.445 e. The second-order valence-corrected chi connectivity index (χ2v) is 11.2. The highest BCUT2D eigenvalue weighted by Gasteiger charge is 2.49. The quantitative estimate of drug-likeness (QED) is 0.162. The smallest absolute Gasteiger partial charge is 0.265 e. The first kappa shape index (κ1) is 28.8. The zero-order chi connectivity index (χ0) is 27.0. The Hall–Kier alpha value is -2.16. The summed E-state index contributed by atoms with van der Waals surface area (Å²) >= 11 is 17.7. The van der Waals surface area contributed by atoms with E-state index >= 15 is 0 Å². The van der Waals surface area contributed by atoms with Gasteiger partial charge in [-0.15, -0.1) is 0 Å². The maximum atomic E-state index is 8.15. The second-order valence-electron chi connectivity index (χ2n) is 8.94. The molecule has 0 bridgehead atoms. The van der Waals surface area contributed by atoms with Crippen molar-refractivity contribution in [2.75, 3.05) is 0 Å². The molecule has 1 saturated heterocycles. The van der Waals surface area contributed by atoms with Gasteiger partial charge in [0, 0.05) is 0 Å². The van der Waals surface area contributed by atoms with Crippen molar-refractivity contribution in [2.24, 2.45) is 0 Å². The van der Waals surface area contributed by atoms with E-state index in [1.165, 1.54) is 0 Å². The van der Waals surface area contributed by atoms with Crippen LogP contribution in [0.4, 0.5) is 0 Å². The molecule has 0 radical (unpaired) electrons. The average Bonchev–Trinajstić information content (AvgIpc) is 2.92. The van der Waals surface area contributed by atoms with Crippen LogP contribution in [0.2, 0.25) is 0 Å². The Kier molecular flexibility index (Phi) is 10.4. The number of ether oxygens (including phenoxy) is 5. The fourth-order valence-electron chi connectivity index (χ4n) is 4.15. The minimum absolute atomic E-state index is 0.251. The van der Waals surface area contributed by atoms with E-state index in [1.807, 2.05) is 97.9 Å². The van der Waals surface area contributed by atoms with Crippen molar-refractivity contribution < 1.29 is 23.7 Å². The summed E-state index contributed by atoms with van der Waals surface area (Å²) in [5, 5.41) is 8.15. The lowest BCUT2D eigenvalue weighted by Crippen LogP contribution is -2.60. The average molecular weight is 579 g/mol. The van der Waals surface area contributed by atoms with Gasteiger partial charge in [-0.2, -0.15) is 0 Å². The second kappa shape index (κ2) is 13.8. The van der Waals surface area contributed by atoms with Crippen molar-refractivity contribution in [3.8, 4) is 0 Å². The Morgan fingerprint density at radius 2 is 1.08 bits per heavy atom. The normalized spacial score (nSPS) is 23.6. The molecule has 5 atom stereocenters. The molecule has 1 fully saturated rings. The van der Waals surface area contributed by atoms with Crippen LogP contribution >= 0.6 is 34.8 Å². The van der Waals surface area contributed by atoms with Gasteiger partial charge in [-0.1, -0.05) is 126 Å². The van der Waals surface area contributed by atoms with Crippen LogP contribution in [0.1, 0.15) is 23.6 Å². The highest BCUT2D eigenvalue weighted by atomic mass is 35.6. The van der Waals surface area contributed by atoms with Gasteiger partial charge in [0.2, 0.25) is 12.2 Å². The molecule has 1 aliphatic heterocycles. The highest BCUT2D eigenvalue weighted by molar-refractivity contribution is 6.76. The van der Waals surface area contributed by atoms with Gasteiger partial charge in [0.15, 0.2) is 0 Å². The fourth-order valence-corrected chi connectivity index (χ4v) is 4.28. The van der Waals surface area contributed by atoms with Gasteiger partial charge in [-0.05, 0) is 23.6 Å². The third kappa shape index (κ3) is 8.17. The SMILES string of the molecule is C[C@@H]1O[C@@H](OC(=N)C(Cl)(Cl)Cl)[C@H](OCc2ccccc2)[C@H](OCc2ccccc2)[C@H]1OCc1ccccc1. The van der Waals surface area contributed by atoms with E-state index in [9.17, 15) is 0 Å². The summed E-state index contributed by atoms with van der Waals surface area (Å²) in [6, 6.07) is 29.4. The molecule has 202 valence electrons. The summed E-state index contributed by atoms with van der Waals surface area (Å²) in [4.78, 5) is 0. The predicted molar refractivity (Wildman–Crippen MR) is 148 cm³/mol. The van der Waals surface area contributed by atoms with E-state index in [1.54, 1.807) is 0 Å². The first-order valence-corrected chi connectivity index (χ1v) is 13.4. The number of hydrogen-bond acceptors (Lipinski definition) is 6. The molecule has 0 unspecified atom stereocenters. The number of hydrogen-bond donors (Lipinski definition) is 1. The highest BCUT2D eigenvalue weighted by Crippen LogP contribution is 2.34. The Labute approximate surface area is 238 Å². The van der Waals surface area contributed by atoms with Gasteiger partial charge >= 0.3 is 0 Å². The first-order chi connectivity index (χ1) is 18.3. The van der Waals surface area contributed by atoms with E-state index in [0.29, 0.717) is 13.2 Å². The summed E-state index contributed by atoms with van der Waals surface area (Å²) in [5.74, 6) is -0.571. The molecule has 4 rings (SSSR count). The number of benzene rings is 3. The molecule has 3 aromatic carbocycles. The van der Waals surface area contributed by atoms with Crippen LogP contribution in [-0.2, 0) is 43.5 Å². The van der Waals surface area contributed by atoms with Crippen LogP contribution in [0.25, 0.3) is 0 Å². The summed E-state index contributed by atoms with van der Waals surface area (Å²) in [6.45, 7) is 2.77. The standard InChI is InChI=1S/C29H30Cl3NO5/c1-20-24(34-17-21-11-5-2-6-12-21)25(35-18-22-13-7-3-8-14-22)26(36-19-23-15-9-4-10-16-23)27(37-20)38-28(33)29(30,31)32/h2-16,20,24-27,33H,17-19H2,1H3/t20-,24-,25+,26+,27-/m0/s1. The lowest BCUT2D eigenvalue weighted by atomic mass is 9.98. The number of halogens is 3. The molecule has 1 heterocycles. The number of rotatable bonds is 10. The molecule has 38 heavy (non-hydrogen) atoms. The Morgan fingerprint density at radius 1 is 0.684 bits per heavy atom. The van der Waals surface area contributed by atoms with E-state index in [2.05, 4.69) is 0 Å². The molecule has 0 spiro atoms. The van der Waals surface area contributed by atoms with Crippen LogP contribution < -0.4 is 0 Å². The monoisotopic (exact) mass is 577 g/mol. The maximum Gasteiger partial charge on any atom is 0.265 e. The van der Waals surface area contributed by atoms with Crippen molar-refractivity contribution in [2.45, 2.75) is 61.2 Å². The van der Waals surface area contributed by atoms with Gasteiger partial charge in [0.1, 0.15) is 18.3 Å². The Balaban J connectivity index is 1.61. The zero-order valence-corrected chi connectivity index (χ0v) is 23.1. The molecule has 9 heteroatoms. The predicted octanol–water partition coefficient (Wildman–Crippen LogP) is 6.85. The van der Waals surface area contributed by atoms with Gasteiger partial charge in [-0.25, -0.2) is 0 Å². The molecule has 0 amide bonds. The maximum absolute atomic E-state index is 8.15. The first-order valence-electron chi connectivity index (χ1n) is 12.3. The molecule has 1 aliphatic rings. The van der Waals surface area contributed by atoms with Crippen LogP contribution in [0.3, 0.4) is 0 Å². The van der Waals surface area contributed by atoms with Crippen molar-refractivity contribution in [3.63, 3.8) is 0 Å². The fraction of sp³-hybridized carbons (Fsp3) is 0.345. The summed E-state index contributed by atoms with van der Waals surface area (Å²) in [5.41, 5.74) is 2.95. The van der Waals surface area contributed by atoms with E-state index in [-0.39, 0.29) is 6.61 Å². The van der Waals surface area contributed by atoms with Gasteiger partial charge in [-0.3, -0.25) is 5.41 Å². The van der Waals surface area contributed by atoms with E-state index < -0.39 is 40.4 Å². The minimum atomic E-state index is -2.06.